The Kier molecular flexibility index (Phi) is 4.25. The Balaban J connectivity index is 1.83. The Morgan fingerprint density at radius 3 is 2.32 bits per heavy atom. The van der Waals surface area contributed by atoms with E-state index < -0.39 is 11.7 Å². The molecule has 1 aliphatic carbocycles. The minimum atomic E-state index is -1.09. The number of carbonyl (C=O) groups excluding carboxylic acids is 1. The molecule has 0 saturated heterocycles. The number of hydrogen-bond acceptors (Lipinski definition) is 3. The molecule has 0 amide bonds. The average molecular weight is 296 g/mol. The van der Waals surface area contributed by atoms with Crippen LogP contribution >= 0.6 is 0 Å². The summed E-state index contributed by atoms with van der Waals surface area (Å²) < 4.78 is 5.66. The maximum Gasteiger partial charge on any atom is 0.338 e. The molecule has 114 valence electrons. The molecular formula is C19H20O3. The Labute approximate surface area is 130 Å². The van der Waals surface area contributed by atoms with Gasteiger partial charge in [-0.1, -0.05) is 48.5 Å². The van der Waals surface area contributed by atoms with Gasteiger partial charge in [-0.15, -0.1) is 0 Å². The van der Waals surface area contributed by atoms with E-state index in [4.69, 9.17) is 4.74 Å². The van der Waals surface area contributed by atoms with Crippen molar-refractivity contribution in [1.29, 1.82) is 0 Å². The van der Waals surface area contributed by atoms with E-state index in [1.54, 1.807) is 24.3 Å². The summed E-state index contributed by atoms with van der Waals surface area (Å²) >= 11 is 0. The maximum absolute atomic E-state index is 12.3. The lowest BCUT2D eigenvalue weighted by Crippen LogP contribution is -2.44. The third-order valence-corrected chi connectivity index (χ3v) is 4.34. The molecule has 0 heterocycles. The van der Waals surface area contributed by atoms with Crippen LogP contribution in [0.2, 0.25) is 0 Å². The fourth-order valence-corrected chi connectivity index (χ4v) is 3.11. The monoisotopic (exact) mass is 296 g/mol. The molecule has 0 spiro atoms. The first-order valence-electron chi connectivity index (χ1n) is 7.74. The summed E-state index contributed by atoms with van der Waals surface area (Å²) in [6.45, 7) is 0. The van der Waals surface area contributed by atoms with Crippen LogP contribution in [0.15, 0.2) is 60.7 Å². The van der Waals surface area contributed by atoms with E-state index in [1.165, 1.54) is 0 Å². The standard InChI is InChI=1S/C19H20O3/c20-18(15-9-3-1-4-10-15)22-17-13-7-8-14-19(17,21)16-11-5-2-6-12-16/h1-6,9-12,17,21H,7-8,13-14H2/t17-,19-/m0/s1. The van der Waals surface area contributed by atoms with Gasteiger partial charge in [0.15, 0.2) is 0 Å². The number of rotatable bonds is 3. The Morgan fingerprint density at radius 1 is 1.00 bits per heavy atom. The first-order valence-corrected chi connectivity index (χ1v) is 7.74. The zero-order valence-electron chi connectivity index (χ0n) is 12.4. The van der Waals surface area contributed by atoms with Crippen LogP contribution in [0.3, 0.4) is 0 Å². The predicted molar refractivity (Wildman–Crippen MR) is 84.5 cm³/mol. The van der Waals surface area contributed by atoms with Gasteiger partial charge in [0.1, 0.15) is 11.7 Å². The van der Waals surface area contributed by atoms with Gasteiger partial charge in [-0.05, 0) is 43.4 Å². The fraction of sp³-hybridized carbons (Fsp3) is 0.316. The SMILES string of the molecule is O=C(O[C@H]1CCCC[C@]1(O)c1ccccc1)c1ccccc1. The smallest absolute Gasteiger partial charge is 0.338 e. The number of aliphatic hydroxyl groups is 1. The Morgan fingerprint density at radius 2 is 1.64 bits per heavy atom. The number of benzene rings is 2. The van der Waals surface area contributed by atoms with E-state index in [0.29, 0.717) is 18.4 Å². The molecule has 0 aromatic heterocycles. The van der Waals surface area contributed by atoms with Crippen LogP contribution in [0, 0.1) is 0 Å². The molecule has 2 atom stereocenters. The molecule has 1 fully saturated rings. The van der Waals surface area contributed by atoms with E-state index in [1.807, 2.05) is 36.4 Å². The lowest BCUT2D eigenvalue weighted by atomic mass is 9.77. The summed E-state index contributed by atoms with van der Waals surface area (Å²) in [5, 5.41) is 11.1. The van der Waals surface area contributed by atoms with Crippen LogP contribution < -0.4 is 0 Å². The second kappa shape index (κ2) is 6.32. The van der Waals surface area contributed by atoms with Crippen molar-refractivity contribution in [2.24, 2.45) is 0 Å². The van der Waals surface area contributed by atoms with Crippen LogP contribution in [0.5, 0.6) is 0 Å². The van der Waals surface area contributed by atoms with Crippen molar-refractivity contribution in [3.05, 3.63) is 71.8 Å². The summed E-state index contributed by atoms with van der Waals surface area (Å²) in [6.07, 6.45) is 2.69. The lowest BCUT2D eigenvalue weighted by molar-refractivity contribution is -0.113. The molecule has 1 N–H and O–H groups in total. The normalized spacial score (nSPS) is 24.7. The average Bonchev–Trinajstić information content (AvgIpc) is 2.58. The quantitative estimate of drug-likeness (QED) is 0.879. The summed E-state index contributed by atoms with van der Waals surface area (Å²) in [7, 11) is 0. The molecule has 0 bridgehead atoms. The van der Waals surface area contributed by atoms with Crippen molar-refractivity contribution in [3.8, 4) is 0 Å². The van der Waals surface area contributed by atoms with Crippen molar-refractivity contribution in [2.45, 2.75) is 37.4 Å². The van der Waals surface area contributed by atoms with E-state index in [0.717, 1.165) is 18.4 Å². The summed E-state index contributed by atoms with van der Waals surface area (Å²) in [5.41, 5.74) is 0.244. The van der Waals surface area contributed by atoms with E-state index in [-0.39, 0.29) is 5.97 Å². The highest BCUT2D eigenvalue weighted by Crippen LogP contribution is 2.39. The number of ether oxygens (including phenoxy) is 1. The topological polar surface area (TPSA) is 46.5 Å². The van der Waals surface area contributed by atoms with Gasteiger partial charge in [-0.25, -0.2) is 4.79 Å². The van der Waals surface area contributed by atoms with E-state index >= 15 is 0 Å². The summed E-state index contributed by atoms with van der Waals surface area (Å²) in [4.78, 5) is 12.3. The van der Waals surface area contributed by atoms with Crippen molar-refractivity contribution < 1.29 is 14.6 Å². The van der Waals surface area contributed by atoms with Gasteiger partial charge in [-0.3, -0.25) is 0 Å². The highest BCUT2D eigenvalue weighted by Gasteiger charge is 2.43. The predicted octanol–water partition coefficient (Wildman–Crippen LogP) is 3.67. The maximum atomic E-state index is 12.3. The van der Waals surface area contributed by atoms with Crippen molar-refractivity contribution >= 4 is 5.97 Å². The Hall–Kier alpha value is -2.13. The highest BCUT2D eigenvalue weighted by molar-refractivity contribution is 5.89. The molecule has 3 rings (SSSR count). The van der Waals surface area contributed by atoms with Crippen LogP contribution in [-0.2, 0) is 10.3 Å². The van der Waals surface area contributed by atoms with Crippen molar-refractivity contribution in [3.63, 3.8) is 0 Å². The second-order valence-electron chi connectivity index (χ2n) is 5.80. The van der Waals surface area contributed by atoms with Gasteiger partial charge in [0.2, 0.25) is 0 Å². The molecule has 3 heteroatoms. The minimum Gasteiger partial charge on any atom is -0.455 e. The van der Waals surface area contributed by atoms with Gasteiger partial charge >= 0.3 is 5.97 Å². The van der Waals surface area contributed by atoms with Gasteiger partial charge in [-0.2, -0.15) is 0 Å². The summed E-state index contributed by atoms with van der Waals surface area (Å²) in [6, 6.07) is 18.4. The van der Waals surface area contributed by atoms with Gasteiger partial charge < -0.3 is 9.84 Å². The highest BCUT2D eigenvalue weighted by atomic mass is 16.6. The molecule has 0 aliphatic heterocycles. The van der Waals surface area contributed by atoms with Crippen LogP contribution in [0.25, 0.3) is 0 Å². The molecule has 1 saturated carbocycles. The van der Waals surface area contributed by atoms with Gasteiger partial charge in [0.25, 0.3) is 0 Å². The molecule has 0 radical (unpaired) electrons. The first kappa shape index (κ1) is 14.8. The van der Waals surface area contributed by atoms with Crippen molar-refractivity contribution in [2.75, 3.05) is 0 Å². The minimum absolute atomic E-state index is 0.373. The van der Waals surface area contributed by atoms with Gasteiger partial charge in [0, 0.05) is 0 Å². The molecular weight excluding hydrogens is 276 g/mol. The number of hydrogen-bond donors (Lipinski definition) is 1. The lowest BCUT2D eigenvalue weighted by Gasteiger charge is -2.39. The Bertz CT molecular complexity index is 624. The third-order valence-electron chi connectivity index (χ3n) is 4.34. The van der Waals surface area contributed by atoms with Crippen LogP contribution in [-0.4, -0.2) is 17.2 Å². The van der Waals surface area contributed by atoms with Gasteiger partial charge in [0.05, 0.1) is 5.56 Å². The third kappa shape index (κ3) is 2.90. The molecule has 2 aromatic rings. The first-order chi connectivity index (χ1) is 10.7. The van der Waals surface area contributed by atoms with E-state index in [9.17, 15) is 9.90 Å². The zero-order chi connectivity index (χ0) is 15.4. The van der Waals surface area contributed by atoms with Crippen LogP contribution in [0.1, 0.15) is 41.6 Å². The zero-order valence-corrected chi connectivity index (χ0v) is 12.4. The number of carbonyl (C=O) groups is 1. The largest absolute Gasteiger partial charge is 0.455 e. The summed E-state index contributed by atoms with van der Waals surface area (Å²) in [5.74, 6) is -0.373. The fourth-order valence-electron chi connectivity index (χ4n) is 3.11. The molecule has 2 aromatic carbocycles. The molecule has 1 aliphatic rings. The molecule has 3 nitrogen and oxygen atoms in total. The number of esters is 1. The van der Waals surface area contributed by atoms with Crippen molar-refractivity contribution in [1.82, 2.24) is 0 Å². The second-order valence-corrected chi connectivity index (χ2v) is 5.80. The molecule has 22 heavy (non-hydrogen) atoms. The molecule has 0 unspecified atom stereocenters. The van der Waals surface area contributed by atoms with Crippen LogP contribution in [0.4, 0.5) is 0 Å². The van der Waals surface area contributed by atoms with E-state index in [2.05, 4.69) is 0 Å².